The topological polar surface area (TPSA) is 140 Å². The van der Waals surface area contributed by atoms with Crippen molar-refractivity contribution in [2.75, 3.05) is 19.5 Å². The van der Waals surface area contributed by atoms with Crippen LogP contribution in [0, 0.1) is 5.82 Å². The Kier molecular flexibility index (Phi) is 6.50. The largest absolute Gasteiger partial charge is 0.394 e. The van der Waals surface area contributed by atoms with Gasteiger partial charge in [0.1, 0.15) is 30.2 Å². The van der Waals surface area contributed by atoms with Crippen LogP contribution < -0.4 is 5.73 Å². The summed E-state index contributed by atoms with van der Waals surface area (Å²) in [4.78, 5) is 8.21. The number of benzene rings is 1. The first kappa shape index (κ1) is 20.5. The molecule has 152 valence electrons. The molecule has 0 bridgehead atoms. The predicted molar refractivity (Wildman–Crippen MR) is 95.2 cm³/mol. The Morgan fingerprint density at radius 1 is 1.18 bits per heavy atom. The van der Waals surface area contributed by atoms with E-state index in [0.29, 0.717) is 17.0 Å². The number of ether oxygens (including phenoxy) is 3. The molecule has 0 saturated carbocycles. The molecule has 0 spiro atoms. The molecule has 1 aliphatic rings. The first-order chi connectivity index (χ1) is 13.4. The van der Waals surface area contributed by atoms with Crippen molar-refractivity contribution < 1.29 is 33.9 Å². The maximum Gasteiger partial charge on any atom is 0.220 e. The summed E-state index contributed by atoms with van der Waals surface area (Å²) >= 11 is 0. The van der Waals surface area contributed by atoms with Gasteiger partial charge in [-0.2, -0.15) is 0 Å². The Morgan fingerprint density at radius 2 is 1.89 bits per heavy atom. The third-order valence-corrected chi connectivity index (χ3v) is 4.41. The third-order valence-electron chi connectivity index (χ3n) is 4.41. The number of aromatic nitrogens is 2. The highest BCUT2D eigenvalue weighted by Gasteiger charge is 2.45. The molecule has 2 aromatic rings. The van der Waals surface area contributed by atoms with Crippen LogP contribution in [0.25, 0.3) is 11.3 Å². The second kappa shape index (κ2) is 8.86. The van der Waals surface area contributed by atoms with E-state index in [1.54, 1.807) is 18.2 Å². The van der Waals surface area contributed by atoms with Gasteiger partial charge in [-0.05, 0) is 30.3 Å². The van der Waals surface area contributed by atoms with Crippen LogP contribution in [0.15, 0.2) is 30.3 Å². The van der Waals surface area contributed by atoms with Gasteiger partial charge in [-0.25, -0.2) is 14.4 Å². The fraction of sp³-hybridized carbons (Fsp3) is 0.444. The minimum absolute atomic E-state index is 0.00324. The number of hydrogen-bond donors (Lipinski definition) is 4. The van der Waals surface area contributed by atoms with E-state index in [-0.39, 0.29) is 18.4 Å². The number of nitrogens with zero attached hydrogens (tertiary/aromatic N) is 2. The van der Waals surface area contributed by atoms with Crippen LogP contribution in [0.1, 0.15) is 5.69 Å². The molecule has 5 N–H and O–H groups in total. The number of anilines is 1. The first-order valence-electron chi connectivity index (χ1n) is 8.59. The van der Waals surface area contributed by atoms with Crippen molar-refractivity contribution in [3.63, 3.8) is 0 Å². The minimum atomic E-state index is -1.28. The van der Waals surface area contributed by atoms with E-state index in [0.717, 1.165) is 0 Å². The molecule has 28 heavy (non-hydrogen) atoms. The molecule has 0 unspecified atom stereocenters. The van der Waals surface area contributed by atoms with Crippen molar-refractivity contribution in [2.24, 2.45) is 0 Å². The average molecular weight is 395 g/mol. The van der Waals surface area contributed by atoms with Crippen LogP contribution in [0.2, 0.25) is 0 Å². The maximum absolute atomic E-state index is 13.1. The molecule has 1 saturated heterocycles. The summed E-state index contributed by atoms with van der Waals surface area (Å²) < 4.78 is 29.1. The van der Waals surface area contributed by atoms with Gasteiger partial charge in [0.05, 0.1) is 24.6 Å². The molecule has 3 rings (SSSR count). The van der Waals surface area contributed by atoms with Gasteiger partial charge in [0, 0.05) is 12.7 Å². The number of halogens is 1. The maximum atomic E-state index is 13.1. The van der Waals surface area contributed by atoms with Crippen LogP contribution >= 0.6 is 0 Å². The summed E-state index contributed by atoms with van der Waals surface area (Å²) in [5, 5.41) is 29.9. The van der Waals surface area contributed by atoms with Crippen molar-refractivity contribution in [1.29, 1.82) is 0 Å². The van der Waals surface area contributed by atoms with Crippen molar-refractivity contribution in [3.05, 3.63) is 41.8 Å². The first-order valence-corrected chi connectivity index (χ1v) is 8.59. The quantitative estimate of drug-likeness (QED) is 0.525. The van der Waals surface area contributed by atoms with Crippen LogP contribution in [0.3, 0.4) is 0 Å². The van der Waals surface area contributed by atoms with Gasteiger partial charge >= 0.3 is 0 Å². The number of hydrogen-bond acceptors (Lipinski definition) is 9. The van der Waals surface area contributed by atoms with Crippen LogP contribution in [-0.4, -0.2) is 69.7 Å². The number of rotatable bonds is 6. The molecule has 1 fully saturated rings. The molecule has 1 aromatic heterocycles. The summed E-state index contributed by atoms with van der Waals surface area (Å²) in [5.74, 6) is -0.375. The van der Waals surface area contributed by atoms with E-state index in [4.69, 9.17) is 19.9 Å². The predicted octanol–water partition coefficient (Wildman–Crippen LogP) is -0.165. The van der Waals surface area contributed by atoms with Gasteiger partial charge in [0.25, 0.3) is 0 Å². The number of methoxy groups -OCH3 is 1. The summed E-state index contributed by atoms with van der Waals surface area (Å²) in [6, 6.07) is 7.33. The van der Waals surface area contributed by atoms with Crippen LogP contribution in [0.5, 0.6) is 0 Å². The molecular formula is C18H22FN3O6. The lowest BCUT2D eigenvalue weighted by Gasteiger charge is -2.41. The molecule has 2 heterocycles. The number of nitrogens with two attached hydrogens (primary N) is 1. The minimum Gasteiger partial charge on any atom is -0.394 e. The molecule has 0 aliphatic carbocycles. The Bertz CT molecular complexity index is 777. The molecule has 1 aliphatic heterocycles. The van der Waals surface area contributed by atoms with E-state index in [1.165, 1.54) is 19.2 Å². The highest BCUT2D eigenvalue weighted by atomic mass is 19.1. The van der Waals surface area contributed by atoms with Gasteiger partial charge in [0.2, 0.25) is 5.95 Å². The molecular weight excluding hydrogens is 373 g/mol. The van der Waals surface area contributed by atoms with Gasteiger partial charge in [-0.15, -0.1) is 0 Å². The van der Waals surface area contributed by atoms with Gasteiger partial charge < -0.3 is 35.3 Å². The lowest BCUT2D eigenvalue weighted by atomic mass is 9.99. The highest BCUT2D eigenvalue weighted by molar-refractivity contribution is 5.60. The fourth-order valence-corrected chi connectivity index (χ4v) is 2.99. The van der Waals surface area contributed by atoms with Crippen molar-refractivity contribution in [2.45, 2.75) is 37.3 Å². The van der Waals surface area contributed by atoms with Gasteiger partial charge in [0.15, 0.2) is 6.29 Å². The second-order valence-electron chi connectivity index (χ2n) is 6.33. The van der Waals surface area contributed by atoms with Crippen molar-refractivity contribution in [3.8, 4) is 11.3 Å². The Labute approximate surface area is 160 Å². The zero-order chi connectivity index (χ0) is 20.3. The highest BCUT2D eigenvalue weighted by Crippen LogP contribution is 2.25. The monoisotopic (exact) mass is 395 g/mol. The lowest BCUT2D eigenvalue weighted by molar-refractivity contribution is -0.303. The zero-order valence-corrected chi connectivity index (χ0v) is 15.1. The summed E-state index contributed by atoms with van der Waals surface area (Å²) in [5.41, 5.74) is 7.26. The van der Waals surface area contributed by atoms with Crippen LogP contribution in [0.4, 0.5) is 10.3 Å². The van der Waals surface area contributed by atoms with Gasteiger partial charge in [-0.1, -0.05) is 0 Å². The number of aliphatic hydroxyl groups is 3. The Morgan fingerprint density at radius 3 is 2.54 bits per heavy atom. The zero-order valence-electron chi connectivity index (χ0n) is 15.1. The number of nitrogen functional groups attached to an aromatic ring is 1. The van der Waals surface area contributed by atoms with E-state index in [2.05, 4.69) is 9.97 Å². The fourth-order valence-electron chi connectivity index (χ4n) is 2.99. The van der Waals surface area contributed by atoms with E-state index < -0.39 is 37.3 Å². The van der Waals surface area contributed by atoms with Crippen molar-refractivity contribution in [1.82, 2.24) is 9.97 Å². The molecule has 5 atom stereocenters. The number of aliphatic hydroxyl groups excluding tert-OH is 3. The Balaban J connectivity index is 1.77. The Hall–Kier alpha value is -2.21. The van der Waals surface area contributed by atoms with E-state index in [9.17, 15) is 19.7 Å². The third kappa shape index (κ3) is 4.43. The van der Waals surface area contributed by atoms with Gasteiger partial charge in [-0.3, -0.25) is 0 Å². The standard InChI is InChI=1S/C18H22FN3O6/c1-26-17-15(25)16(14(24)13(7-23)28-17)27-8-11-6-12(22-18(20)21-11)9-2-4-10(19)5-3-9/h2-6,13-17,23-25H,7-8H2,1H3,(H2,20,21,22)/t13-,14+,15-,16+,17-/m1/s1. The summed E-state index contributed by atoms with van der Waals surface area (Å²) in [6.45, 7) is -0.572. The van der Waals surface area contributed by atoms with Crippen molar-refractivity contribution >= 4 is 5.95 Å². The molecule has 9 nitrogen and oxygen atoms in total. The molecule has 1 aromatic carbocycles. The molecule has 10 heteroatoms. The summed E-state index contributed by atoms with van der Waals surface area (Å²) in [7, 11) is 1.33. The lowest BCUT2D eigenvalue weighted by Crippen LogP contribution is -2.59. The van der Waals surface area contributed by atoms with E-state index >= 15 is 0 Å². The molecule has 0 radical (unpaired) electrons. The summed E-state index contributed by atoms with van der Waals surface area (Å²) in [6.07, 6.45) is -5.67. The molecule has 0 amide bonds. The second-order valence-corrected chi connectivity index (χ2v) is 6.33. The SMILES string of the molecule is CO[C@@H]1O[C@H](CO)[C@H](O)[C@H](OCc2cc(-c3ccc(F)cc3)nc(N)n2)[C@H]1O. The normalized spacial score (nSPS) is 27.7. The van der Waals surface area contributed by atoms with E-state index in [1.807, 2.05) is 0 Å². The smallest absolute Gasteiger partial charge is 0.220 e. The van der Waals surface area contributed by atoms with Crippen LogP contribution in [-0.2, 0) is 20.8 Å². The average Bonchev–Trinajstić information content (AvgIpc) is 2.68.